The van der Waals surface area contributed by atoms with Gasteiger partial charge in [-0.3, -0.25) is 4.79 Å². The summed E-state index contributed by atoms with van der Waals surface area (Å²) in [5.74, 6) is -0.494. The van der Waals surface area contributed by atoms with Gasteiger partial charge in [0.2, 0.25) is 5.22 Å². The molecule has 1 amide bonds. The van der Waals surface area contributed by atoms with E-state index < -0.39 is 5.79 Å². The van der Waals surface area contributed by atoms with Gasteiger partial charge in [0.25, 0.3) is 5.91 Å². The lowest BCUT2D eigenvalue weighted by molar-refractivity contribution is -0.182. The van der Waals surface area contributed by atoms with E-state index in [4.69, 9.17) is 25.5 Å². The lowest BCUT2D eigenvalue weighted by Crippen LogP contribution is -2.44. The molecule has 1 saturated heterocycles. The van der Waals surface area contributed by atoms with Crippen molar-refractivity contribution in [2.45, 2.75) is 37.5 Å². The van der Waals surface area contributed by atoms with Crippen LogP contribution in [0.25, 0.3) is 0 Å². The number of amides is 1. The van der Waals surface area contributed by atoms with Crippen molar-refractivity contribution in [3.8, 4) is 0 Å². The zero-order valence-electron chi connectivity index (χ0n) is 11.4. The Bertz CT molecular complexity index is 485. The van der Waals surface area contributed by atoms with Crippen molar-refractivity contribution in [3.05, 3.63) is 23.1 Å². The summed E-state index contributed by atoms with van der Waals surface area (Å²) in [5.41, 5.74) is 0.419. The topological polar surface area (TPSA) is 51.9 Å². The number of rotatable bonds is 2. The predicted molar refractivity (Wildman–Crippen MR) is 72.7 cm³/mol. The molecule has 3 rings (SSSR count). The number of carbonyl (C=O) groups is 1. The number of hydrogen-bond donors (Lipinski definition) is 0. The summed E-state index contributed by atoms with van der Waals surface area (Å²) in [6, 6.07) is 1.79. The second-order valence-electron chi connectivity index (χ2n) is 5.36. The molecule has 2 aliphatic rings. The molecule has 1 aromatic heterocycles. The Balaban J connectivity index is 1.63. The first-order valence-electron chi connectivity index (χ1n) is 6.89. The third kappa shape index (κ3) is 2.45. The van der Waals surface area contributed by atoms with Gasteiger partial charge in [0.15, 0.2) is 5.79 Å². The molecule has 0 radical (unpaired) electrons. The van der Waals surface area contributed by atoms with E-state index in [1.165, 1.54) is 6.26 Å². The second-order valence-corrected chi connectivity index (χ2v) is 5.71. The van der Waals surface area contributed by atoms with Crippen molar-refractivity contribution in [1.29, 1.82) is 0 Å². The highest BCUT2D eigenvalue weighted by molar-refractivity contribution is 6.32. The van der Waals surface area contributed by atoms with E-state index in [-0.39, 0.29) is 17.2 Å². The first kappa shape index (κ1) is 13.9. The molecule has 1 saturated carbocycles. The highest BCUT2D eigenvalue weighted by Gasteiger charge is 2.41. The van der Waals surface area contributed by atoms with E-state index in [0.717, 1.165) is 25.7 Å². The monoisotopic (exact) mass is 299 g/mol. The van der Waals surface area contributed by atoms with Crippen LogP contribution in [0.1, 0.15) is 36.0 Å². The molecule has 1 aromatic rings. The van der Waals surface area contributed by atoms with Gasteiger partial charge >= 0.3 is 0 Å². The minimum absolute atomic E-state index is 0.0991. The van der Waals surface area contributed by atoms with Crippen molar-refractivity contribution in [3.63, 3.8) is 0 Å². The fourth-order valence-corrected chi connectivity index (χ4v) is 3.21. The summed E-state index contributed by atoms with van der Waals surface area (Å²) in [4.78, 5) is 14.1. The summed E-state index contributed by atoms with van der Waals surface area (Å²) < 4.78 is 16.4. The van der Waals surface area contributed by atoms with Gasteiger partial charge in [-0.1, -0.05) is 0 Å². The van der Waals surface area contributed by atoms with Gasteiger partial charge in [0, 0.05) is 25.9 Å². The first-order chi connectivity index (χ1) is 9.61. The molecule has 0 bridgehead atoms. The van der Waals surface area contributed by atoms with E-state index in [9.17, 15) is 4.79 Å². The maximum atomic E-state index is 12.4. The number of hydrogen-bond acceptors (Lipinski definition) is 4. The number of ether oxygens (including phenoxy) is 2. The van der Waals surface area contributed by atoms with Crippen LogP contribution < -0.4 is 0 Å². The van der Waals surface area contributed by atoms with Crippen LogP contribution in [0, 0.1) is 0 Å². The van der Waals surface area contributed by atoms with Crippen LogP contribution in [-0.2, 0) is 9.47 Å². The third-order valence-electron chi connectivity index (χ3n) is 4.25. The molecule has 110 valence electrons. The van der Waals surface area contributed by atoms with Crippen LogP contribution in [0.3, 0.4) is 0 Å². The zero-order chi connectivity index (χ0) is 14.2. The number of nitrogens with zero attached hydrogens (tertiary/aromatic N) is 1. The van der Waals surface area contributed by atoms with Gasteiger partial charge in [0.05, 0.1) is 25.0 Å². The van der Waals surface area contributed by atoms with Crippen molar-refractivity contribution in [1.82, 2.24) is 4.90 Å². The van der Waals surface area contributed by atoms with Crippen molar-refractivity contribution in [2.24, 2.45) is 0 Å². The molecule has 6 heteroatoms. The Morgan fingerprint density at radius 2 is 2.00 bits per heavy atom. The molecule has 2 fully saturated rings. The predicted octanol–water partition coefficient (Wildman–Crippen LogP) is 2.69. The van der Waals surface area contributed by atoms with E-state index in [1.807, 2.05) is 7.05 Å². The standard InChI is InChI=1S/C14H18ClNO4/c1-16(13(17)11-4-7-18-12(11)15)10-2-5-14(6-3-10)19-8-9-20-14/h4,7,10H,2-3,5-6,8-9H2,1H3. The minimum Gasteiger partial charge on any atom is -0.452 e. The number of carbonyl (C=O) groups excluding carboxylic acids is 1. The molecule has 0 unspecified atom stereocenters. The average molecular weight is 300 g/mol. The fraction of sp³-hybridized carbons (Fsp3) is 0.643. The summed E-state index contributed by atoms with van der Waals surface area (Å²) in [6.07, 6.45) is 4.83. The number of furan rings is 1. The molecule has 0 aromatic carbocycles. The van der Waals surface area contributed by atoms with Gasteiger partial charge < -0.3 is 18.8 Å². The third-order valence-corrected chi connectivity index (χ3v) is 4.54. The molecule has 5 nitrogen and oxygen atoms in total. The first-order valence-corrected chi connectivity index (χ1v) is 7.27. The minimum atomic E-state index is -0.395. The van der Waals surface area contributed by atoms with E-state index >= 15 is 0 Å². The molecule has 1 spiro atoms. The molecule has 0 atom stereocenters. The summed E-state index contributed by atoms with van der Waals surface area (Å²) >= 11 is 5.86. The maximum absolute atomic E-state index is 12.4. The summed E-state index contributed by atoms with van der Waals surface area (Å²) in [5, 5.41) is 0.150. The van der Waals surface area contributed by atoms with Gasteiger partial charge in [0.1, 0.15) is 0 Å². The van der Waals surface area contributed by atoms with E-state index in [1.54, 1.807) is 11.0 Å². The van der Waals surface area contributed by atoms with Crippen LogP contribution >= 0.6 is 11.6 Å². The Hall–Kier alpha value is -1.04. The Morgan fingerprint density at radius 1 is 1.35 bits per heavy atom. The van der Waals surface area contributed by atoms with E-state index in [2.05, 4.69) is 0 Å². The molecule has 0 N–H and O–H groups in total. The van der Waals surface area contributed by atoms with Crippen molar-refractivity contribution >= 4 is 17.5 Å². The second kappa shape index (κ2) is 5.39. The van der Waals surface area contributed by atoms with Crippen molar-refractivity contribution < 1.29 is 18.7 Å². The number of halogens is 1. The molecule has 2 heterocycles. The molecule has 1 aliphatic carbocycles. The molecule has 20 heavy (non-hydrogen) atoms. The van der Waals surface area contributed by atoms with Gasteiger partial charge in [-0.25, -0.2) is 0 Å². The lowest BCUT2D eigenvalue weighted by atomic mass is 9.89. The lowest BCUT2D eigenvalue weighted by Gasteiger charge is -2.38. The highest BCUT2D eigenvalue weighted by Crippen LogP contribution is 2.37. The normalized spacial score (nSPS) is 22.3. The molecular weight excluding hydrogens is 282 g/mol. The van der Waals surface area contributed by atoms with Crippen molar-refractivity contribution in [2.75, 3.05) is 20.3 Å². The Kier molecular flexibility index (Phi) is 3.75. The highest BCUT2D eigenvalue weighted by atomic mass is 35.5. The van der Waals surface area contributed by atoms with E-state index in [0.29, 0.717) is 18.8 Å². The van der Waals surface area contributed by atoms with Crippen LogP contribution in [0.15, 0.2) is 16.7 Å². The quantitative estimate of drug-likeness (QED) is 0.842. The van der Waals surface area contributed by atoms with Crippen LogP contribution in [0.4, 0.5) is 0 Å². The average Bonchev–Trinajstić information content (AvgIpc) is 3.08. The summed E-state index contributed by atoms with van der Waals surface area (Å²) in [7, 11) is 1.81. The van der Waals surface area contributed by atoms with Crippen LogP contribution in [0.2, 0.25) is 5.22 Å². The SMILES string of the molecule is CN(C(=O)c1ccoc1Cl)C1CCC2(CC1)OCCO2. The molecule has 1 aliphatic heterocycles. The maximum Gasteiger partial charge on any atom is 0.258 e. The largest absolute Gasteiger partial charge is 0.452 e. The van der Waals surface area contributed by atoms with Crippen LogP contribution in [-0.4, -0.2) is 42.9 Å². The smallest absolute Gasteiger partial charge is 0.258 e. The molecular formula is C14H18ClNO4. The Labute approximate surface area is 122 Å². The van der Waals surface area contributed by atoms with Gasteiger partial charge in [-0.2, -0.15) is 0 Å². The zero-order valence-corrected chi connectivity index (χ0v) is 12.2. The Morgan fingerprint density at radius 3 is 2.55 bits per heavy atom. The van der Waals surface area contributed by atoms with Crippen LogP contribution in [0.5, 0.6) is 0 Å². The summed E-state index contributed by atoms with van der Waals surface area (Å²) in [6.45, 7) is 1.34. The van der Waals surface area contributed by atoms with Gasteiger partial charge in [-0.05, 0) is 30.5 Å². The van der Waals surface area contributed by atoms with Gasteiger partial charge in [-0.15, -0.1) is 0 Å². The fourth-order valence-electron chi connectivity index (χ4n) is 3.02.